The van der Waals surface area contributed by atoms with Gasteiger partial charge in [0.1, 0.15) is 22.9 Å². The van der Waals surface area contributed by atoms with Gasteiger partial charge in [0.2, 0.25) is 27.8 Å². The predicted molar refractivity (Wildman–Crippen MR) is 148 cm³/mol. The van der Waals surface area contributed by atoms with E-state index in [9.17, 15) is 26.4 Å². The summed E-state index contributed by atoms with van der Waals surface area (Å²) in [6, 6.07) is 9.36. The molecule has 0 saturated carbocycles. The Kier molecular flexibility index (Phi) is 8.63. The molecule has 2 aromatic heterocycles. The van der Waals surface area contributed by atoms with Crippen LogP contribution >= 0.6 is 0 Å². The Hall–Kier alpha value is -4.44. The number of nitrogens with zero attached hydrogens (tertiary/aromatic N) is 5. The molecular formula is C25H27F3N8O4S. The van der Waals surface area contributed by atoms with Crippen LogP contribution in [0.3, 0.4) is 0 Å². The van der Waals surface area contributed by atoms with Crippen molar-refractivity contribution in [2.75, 3.05) is 60.4 Å². The van der Waals surface area contributed by atoms with Crippen LogP contribution in [0, 0.1) is 0 Å². The summed E-state index contributed by atoms with van der Waals surface area (Å²) in [6.45, 7) is 4.83. The number of ether oxygens (including phenoxy) is 1. The minimum Gasteiger partial charge on any atom is -0.479 e. The van der Waals surface area contributed by atoms with Crippen LogP contribution < -0.4 is 25.6 Å². The van der Waals surface area contributed by atoms with Gasteiger partial charge in [-0.25, -0.2) is 13.4 Å². The second-order valence-corrected chi connectivity index (χ2v) is 10.8. The van der Waals surface area contributed by atoms with Crippen LogP contribution in [-0.2, 0) is 21.0 Å². The van der Waals surface area contributed by atoms with Gasteiger partial charge in [-0.05, 0) is 36.4 Å². The summed E-state index contributed by atoms with van der Waals surface area (Å²) in [5.74, 6) is -0.478. The zero-order chi connectivity index (χ0) is 29.8. The fourth-order valence-corrected chi connectivity index (χ4v) is 4.80. The molecule has 218 valence electrons. The molecule has 1 fully saturated rings. The molecule has 3 heterocycles. The van der Waals surface area contributed by atoms with E-state index < -0.39 is 33.5 Å². The third-order valence-electron chi connectivity index (χ3n) is 5.99. The van der Waals surface area contributed by atoms with E-state index in [-0.39, 0.29) is 17.5 Å². The summed E-state index contributed by atoms with van der Waals surface area (Å²) in [5, 5.41) is 8.02. The number of halogens is 3. The van der Waals surface area contributed by atoms with Crippen LogP contribution in [-0.4, -0.2) is 73.1 Å². The molecule has 1 aromatic carbocycles. The van der Waals surface area contributed by atoms with Crippen molar-refractivity contribution in [1.82, 2.24) is 19.3 Å². The van der Waals surface area contributed by atoms with E-state index in [1.165, 1.54) is 23.5 Å². The van der Waals surface area contributed by atoms with Gasteiger partial charge in [-0.2, -0.15) is 27.4 Å². The number of amides is 1. The summed E-state index contributed by atoms with van der Waals surface area (Å²) >= 11 is 0. The first-order valence-corrected chi connectivity index (χ1v) is 14.0. The molecule has 0 radical (unpaired) electrons. The van der Waals surface area contributed by atoms with Gasteiger partial charge in [0.05, 0.1) is 13.4 Å². The summed E-state index contributed by atoms with van der Waals surface area (Å²) < 4.78 is 71.6. The van der Waals surface area contributed by atoms with E-state index in [1.54, 1.807) is 24.3 Å². The van der Waals surface area contributed by atoms with Crippen molar-refractivity contribution in [1.29, 1.82) is 0 Å². The Morgan fingerprint density at radius 1 is 1.07 bits per heavy atom. The quantitative estimate of drug-likeness (QED) is 0.316. The van der Waals surface area contributed by atoms with Gasteiger partial charge < -0.3 is 25.6 Å². The van der Waals surface area contributed by atoms with E-state index in [1.807, 2.05) is 4.90 Å². The van der Waals surface area contributed by atoms with Gasteiger partial charge in [0, 0.05) is 43.8 Å². The number of rotatable bonds is 9. The minimum atomic E-state index is -4.75. The molecule has 1 amide bonds. The molecule has 0 bridgehead atoms. The summed E-state index contributed by atoms with van der Waals surface area (Å²) in [7, 11) is -1.90. The standard InChI is InChI=1S/C25H27F3N8O4S/c1-4-21(37)30-16-6-5-7-17(14-16)31-22-18(25(26,27)28)15-29-24(34-22)32-19-8-9-20(33-23(19)40-2)35-10-12-36(13-11-35)41(3,38)39/h4-9,14-15H,1,10-13H2,2-3H3,(H,30,37)(H2,29,31,32,34). The number of hydrogen-bond acceptors (Lipinski definition) is 10. The first-order chi connectivity index (χ1) is 19.4. The number of pyridine rings is 1. The Morgan fingerprint density at radius 3 is 2.41 bits per heavy atom. The summed E-state index contributed by atoms with van der Waals surface area (Å²) in [5.41, 5.74) is -0.223. The van der Waals surface area contributed by atoms with E-state index in [4.69, 9.17) is 4.74 Å². The number of methoxy groups -OCH3 is 1. The number of carbonyl (C=O) groups excluding carboxylic acids is 1. The zero-order valence-electron chi connectivity index (χ0n) is 22.1. The predicted octanol–water partition coefficient (Wildman–Crippen LogP) is 3.59. The number of anilines is 6. The maximum absolute atomic E-state index is 13.8. The number of sulfonamides is 1. The number of benzene rings is 1. The second kappa shape index (κ2) is 12.0. The topological polar surface area (TPSA) is 142 Å². The van der Waals surface area contributed by atoms with Gasteiger partial charge in [-0.3, -0.25) is 4.79 Å². The third-order valence-corrected chi connectivity index (χ3v) is 7.29. The lowest BCUT2D eigenvalue weighted by Gasteiger charge is -2.34. The molecule has 3 N–H and O–H groups in total. The van der Waals surface area contributed by atoms with Crippen LogP contribution in [0.5, 0.6) is 5.88 Å². The first kappa shape index (κ1) is 29.5. The lowest BCUT2D eigenvalue weighted by atomic mass is 10.2. The maximum Gasteiger partial charge on any atom is 0.421 e. The maximum atomic E-state index is 13.8. The fourth-order valence-electron chi connectivity index (χ4n) is 3.98. The lowest BCUT2D eigenvalue weighted by Crippen LogP contribution is -2.48. The van der Waals surface area contributed by atoms with Gasteiger partial charge >= 0.3 is 6.18 Å². The number of aromatic nitrogens is 3. The minimum absolute atomic E-state index is 0.136. The van der Waals surface area contributed by atoms with Crippen LogP contribution in [0.25, 0.3) is 0 Å². The Bertz CT molecular complexity index is 1540. The van der Waals surface area contributed by atoms with Crippen LogP contribution in [0.2, 0.25) is 0 Å². The number of piperazine rings is 1. The highest BCUT2D eigenvalue weighted by atomic mass is 32.2. The van der Waals surface area contributed by atoms with Crippen molar-refractivity contribution in [3.05, 3.63) is 60.8 Å². The Balaban J connectivity index is 1.57. The van der Waals surface area contributed by atoms with E-state index >= 15 is 0 Å². The monoisotopic (exact) mass is 592 g/mol. The number of alkyl halides is 3. The first-order valence-electron chi connectivity index (χ1n) is 12.1. The van der Waals surface area contributed by atoms with E-state index in [0.29, 0.717) is 49.6 Å². The molecule has 0 atom stereocenters. The number of nitrogens with one attached hydrogen (secondary N) is 3. The molecule has 4 rings (SSSR count). The summed E-state index contributed by atoms with van der Waals surface area (Å²) in [6.07, 6.45) is -1.87. The fraction of sp³-hybridized carbons (Fsp3) is 0.280. The second-order valence-electron chi connectivity index (χ2n) is 8.85. The highest BCUT2D eigenvalue weighted by Gasteiger charge is 2.35. The molecule has 41 heavy (non-hydrogen) atoms. The van der Waals surface area contributed by atoms with Crippen molar-refractivity contribution < 1.29 is 31.1 Å². The van der Waals surface area contributed by atoms with Crippen LogP contribution in [0.1, 0.15) is 5.56 Å². The van der Waals surface area contributed by atoms with Gasteiger partial charge in [-0.1, -0.05) is 12.6 Å². The average molecular weight is 593 g/mol. The highest BCUT2D eigenvalue weighted by molar-refractivity contribution is 7.88. The molecule has 16 heteroatoms. The summed E-state index contributed by atoms with van der Waals surface area (Å²) in [4.78, 5) is 25.8. The largest absolute Gasteiger partial charge is 0.479 e. The van der Waals surface area contributed by atoms with Crippen molar-refractivity contribution in [3.63, 3.8) is 0 Å². The Labute approximate surface area is 234 Å². The molecule has 0 spiro atoms. The molecule has 1 aliphatic rings. The zero-order valence-corrected chi connectivity index (χ0v) is 22.9. The molecule has 0 aliphatic carbocycles. The third kappa shape index (κ3) is 7.40. The van der Waals surface area contributed by atoms with Crippen LogP contribution in [0.4, 0.5) is 47.8 Å². The van der Waals surface area contributed by atoms with E-state index in [0.717, 1.165) is 12.3 Å². The van der Waals surface area contributed by atoms with Crippen molar-refractivity contribution >= 4 is 50.6 Å². The van der Waals surface area contributed by atoms with Gasteiger partial charge in [0.15, 0.2) is 0 Å². The number of carbonyl (C=O) groups is 1. The van der Waals surface area contributed by atoms with Gasteiger partial charge in [-0.15, -0.1) is 0 Å². The van der Waals surface area contributed by atoms with Crippen LogP contribution in [0.15, 0.2) is 55.3 Å². The Morgan fingerprint density at radius 2 is 1.78 bits per heavy atom. The molecule has 12 nitrogen and oxygen atoms in total. The molecule has 1 saturated heterocycles. The smallest absolute Gasteiger partial charge is 0.421 e. The van der Waals surface area contributed by atoms with Crippen molar-refractivity contribution in [3.8, 4) is 5.88 Å². The van der Waals surface area contributed by atoms with Gasteiger partial charge in [0.25, 0.3) is 0 Å². The normalized spacial score (nSPS) is 14.3. The highest BCUT2D eigenvalue weighted by Crippen LogP contribution is 2.36. The van der Waals surface area contributed by atoms with Crippen molar-refractivity contribution in [2.45, 2.75) is 6.18 Å². The van der Waals surface area contributed by atoms with Crippen molar-refractivity contribution in [2.24, 2.45) is 0 Å². The lowest BCUT2D eigenvalue weighted by molar-refractivity contribution is -0.137. The number of hydrogen-bond donors (Lipinski definition) is 3. The molecule has 3 aromatic rings. The molecule has 1 aliphatic heterocycles. The average Bonchev–Trinajstić information content (AvgIpc) is 2.92. The SMILES string of the molecule is C=CC(=O)Nc1cccc(Nc2nc(Nc3ccc(N4CCN(S(C)(=O)=O)CC4)nc3OC)ncc2C(F)(F)F)c1. The van der Waals surface area contributed by atoms with E-state index in [2.05, 4.69) is 37.5 Å². The molecular weight excluding hydrogens is 565 g/mol. The molecule has 0 unspecified atom stereocenters.